The van der Waals surface area contributed by atoms with Gasteiger partial charge >= 0.3 is 5.92 Å². The van der Waals surface area contributed by atoms with E-state index < -0.39 is 36.1 Å². The van der Waals surface area contributed by atoms with Crippen molar-refractivity contribution in [3.8, 4) is 0 Å². The maximum atomic E-state index is 17.8. The Hall–Kier alpha value is -5.06. The standard InChI is InChI=1S/C48H46F2O6/c49-47(50,42-29-17-16-28-41(42)30-36-18-6-1-7-19-36)48(51)46(55-34-40-26-14-5-15-27-40)45(54-33-39-24-12-4-13-25-39)44(53-32-38-22-10-3-11-23-38)43(56-48)35-52-31-37-20-8-2-9-21-37/h1-29,43-46,51H,30-35H2/t43-,44-,45+,46-,48-/m1/s1. The second kappa shape index (κ2) is 18.7. The van der Waals surface area contributed by atoms with Crippen LogP contribution in [-0.2, 0) is 62.5 Å². The van der Waals surface area contributed by atoms with E-state index >= 15 is 8.78 Å². The second-order valence-corrected chi connectivity index (χ2v) is 14.0. The lowest BCUT2D eigenvalue weighted by Gasteiger charge is -2.52. The van der Waals surface area contributed by atoms with Crippen LogP contribution in [0.5, 0.6) is 0 Å². The fourth-order valence-electron chi connectivity index (χ4n) is 7.10. The number of hydrogen-bond acceptors (Lipinski definition) is 6. The van der Waals surface area contributed by atoms with E-state index in [1.165, 1.54) is 6.07 Å². The van der Waals surface area contributed by atoms with Crippen LogP contribution in [0.2, 0.25) is 0 Å². The molecule has 7 rings (SSSR count). The van der Waals surface area contributed by atoms with Crippen molar-refractivity contribution >= 4 is 0 Å². The highest BCUT2D eigenvalue weighted by atomic mass is 19.3. The monoisotopic (exact) mass is 756 g/mol. The molecule has 0 unspecified atom stereocenters. The van der Waals surface area contributed by atoms with Crippen LogP contribution in [0.1, 0.15) is 38.9 Å². The first kappa shape index (κ1) is 39.2. The van der Waals surface area contributed by atoms with E-state index in [2.05, 4.69) is 0 Å². The van der Waals surface area contributed by atoms with E-state index in [0.717, 1.165) is 27.8 Å². The first-order chi connectivity index (χ1) is 27.4. The highest BCUT2D eigenvalue weighted by Gasteiger charge is 2.68. The topological polar surface area (TPSA) is 66.4 Å². The highest BCUT2D eigenvalue weighted by Crippen LogP contribution is 2.50. The number of ether oxygens (including phenoxy) is 5. The average Bonchev–Trinajstić information content (AvgIpc) is 3.24. The molecule has 0 radical (unpaired) electrons. The molecule has 1 heterocycles. The Morgan fingerprint density at radius 1 is 0.500 bits per heavy atom. The largest absolute Gasteiger partial charge is 0.374 e. The molecular formula is C48H46F2O6. The Labute approximate surface area is 327 Å². The number of hydrogen-bond donors (Lipinski definition) is 1. The quantitative estimate of drug-likeness (QED) is 0.100. The predicted octanol–water partition coefficient (Wildman–Crippen LogP) is 9.43. The summed E-state index contributed by atoms with van der Waals surface area (Å²) < 4.78 is 68.0. The summed E-state index contributed by atoms with van der Waals surface area (Å²) in [5.41, 5.74) is 4.08. The minimum absolute atomic E-state index is 0.0335. The molecule has 0 saturated carbocycles. The van der Waals surface area contributed by atoms with Crippen molar-refractivity contribution < 1.29 is 37.6 Å². The van der Waals surface area contributed by atoms with Gasteiger partial charge in [0.05, 0.1) is 33.0 Å². The van der Waals surface area contributed by atoms with E-state index in [0.29, 0.717) is 5.56 Å². The second-order valence-electron chi connectivity index (χ2n) is 14.0. The molecule has 1 aliphatic heterocycles. The maximum absolute atomic E-state index is 17.8. The first-order valence-corrected chi connectivity index (χ1v) is 18.9. The smallest absolute Gasteiger partial charge is 0.328 e. The molecule has 0 bridgehead atoms. The molecule has 0 aromatic heterocycles. The zero-order chi connectivity index (χ0) is 38.6. The van der Waals surface area contributed by atoms with E-state index in [1.807, 2.05) is 152 Å². The molecule has 6 nitrogen and oxygen atoms in total. The van der Waals surface area contributed by atoms with E-state index in [4.69, 9.17) is 23.7 Å². The summed E-state index contributed by atoms with van der Waals surface area (Å²) in [6.07, 6.45) is -5.00. The molecule has 6 aromatic carbocycles. The van der Waals surface area contributed by atoms with Crippen LogP contribution in [0.25, 0.3) is 0 Å². The lowest BCUT2D eigenvalue weighted by Crippen LogP contribution is -2.72. The van der Waals surface area contributed by atoms with Gasteiger partial charge < -0.3 is 28.8 Å². The van der Waals surface area contributed by atoms with Crippen LogP contribution in [0.3, 0.4) is 0 Å². The Bertz CT molecular complexity index is 2050. The van der Waals surface area contributed by atoms with Gasteiger partial charge in [0.15, 0.2) is 0 Å². The van der Waals surface area contributed by atoms with Gasteiger partial charge in [0.25, 0.3) is 5.79 Å². The normalized spacial score (nSPS) is 21.1. The molecule has 0 amide bonds. The number of rotatable bonds is 17. The lowest BCUT2D eigenvalue weighted by molar-refractivity contribution is -0.429. The SMILES string of the molecule is O[C@@]1(C(F)(F)c2ccccc2Cc2ccccc2)O[C@H](COCc2ccccc2)[C@@H](OCc2ccccc2)[C@H](OCc2ccccc2)[C@H]1OCc1ccccc1. The first-order valence-electron chi connectivity index (χ1n) is 18.9. The molecule has 8 heteroatoms. The number of aliphatic hydroxyl groups is 1. The zero-order valence-corrected chi connectivity index (χ0v) is 31.0. The molecule has 56 heavy (non-hydrogen) atoms. The van der Waals surface area contributed by atoms with Crippen molar-refractivity contribution in [2.75, 3.05) is 6.61 Å². The summed E-state index contributed by atoms with van der Waals surface area (Å²) in [6.45, 7) is 0.0468. The van der Waals surface area contributed by atoms with Gasteiger partial charge in [-0.15, -0.1) is 0 Å². The van der Waals surface area contributed by atoms with Gasteiger partial charge in [-0.3, -0.25) is 0 Å². The third-order valence-electron chi connectivity index (χ3n) is 9.98. The highest BCUT2D eigenvalue weighted by molar-refractivity contribution is 5.37. The third kappa shape index (κ3) is 9.48. The van der Waals surface area contributed by atoms with Crippen LogP contribution in [0, 0.1) is 0 Å². The number of alkyl halides is 2. The predicted molar refractivity (Wildman–Crippen MR) is 211 cm³/mol. The summed E-state index contributed by atoms with van der Waals surface area (Å²) in [4.78, 5) is 0. The molecular weight excluding hydrogens is 711 g/mol. The lowest BCUT2D eigenvalue weighted by atomic mass is 9.83. The Morgan fingerprint density at radius 2 is 0.911 bits per heavy atom. The van der Waals surface area contributed by atoms with Crippen molar-refractivity contribution in [3.05, 3.63) is 215 Å². The van der Waals surface area contributed by atoms with Crippen molar-refractivity contribution in [2.45, 2.75) is 69.0 Å². The third-order valence-corrected chi connectivity index (χ3v) is 9.98. The van der Waals surface area contributed by atoms with Crippen molar-refractivity contribution in [1.82, 2.24) is 0 Å². The van der Waals surface area contributed by atoms with E-state index in [-0.39, 0.29) is 45.0 Å². The summed E-state index contributed by atoms with van der Waals surface area (Å²) in [5, 5.41) is 12.8. The number of benzene rings is 6. The molecule has 1 N–H and O–H groups in total. The van der Waals surface area contributed by atoms with Gasteiger partial charge in [0.1, 0.15) is 24.4 Å². The minimum Gasteiger partial charge on any atom is -0.374 e. The van der Waals surface area contributed by atoms with E-state index in [9.17, 15) is 5.11 Å². The summed E-state index contributed by atoms with van der Waals surface area (Å²) >= 11 is 0. The van der Waals surface area contributed by atoms with Gasteiger partial charge in [-0.2, -0.15) is 8.78 Å². The van der Waals surface area contributed by atoms with Crippen LogP contribution in [0.15, 0.2) is 176 Å². The molecule has 0 aliphatic carbocycles. The summed E-state index contributed by atoms with van der Waals surface area (Å²) in [6, 6.07) is 53.3. The molecule has 5 atom stereocenters. The molecule has 6 aromatic rings. The van der Waals surface area contributed by atoms with Crippen LogP contribution < -0.4 is 0 Å². The maximum Gasteiger partial charge on any atom is 0.328 e. The van der Waals surface area contributed by atoms with Crippen LogP contribution >= 0.6 is 0 Å². The molecule has 1 saturated heterocycles. The number of halogens is 2. The molecule has 1 fully saturated rings. The Kier molecular flexibility index (Phi) is 13.1. The van der Waals surface area contributed by atoms with Crippen molar-refractivity contribution in [3.63, 3.8) is 0 Å². The minimum atomic E-state index is -4.02. The Balaban J connectivity index is 1.31. The van der Waals surface area contributed by atoms with Gasteiger partial charge in [0, 0.05) is 5.56 Å². The van der Waals surface area contributed by atoms with Crippen LogP contribution in [-0.4, -0.2) is 41.9 Å². The molecule has 0 spiro atoms. The van der Waals surface area contributed by atoms with Gasteiger partial charge in [-0.05, 0) is 39.8 Å². The van der Waals surface area contributed by atoms with Crippen molar-refractivity contribution in [1.29, 1.82) is 0 Å². The molecule has 1 aliphatic rings. The summed E-state index contributed by atoms with van der Waals surface area (Å²) in [5.74, 6) is -7.26. The van der Waals surface area contributed by atoms with Gasteiger partial charge in [-0.1, -0.05) is 176 Å². The fraction of sp³-hybridized carbons (Fsp3) is 0.250. The molecule has 288 valence electrons. The van der Waals surface area contributed by atoms with Gasteiger partial charge in [-0.25, -0.2) is 0 Å². The Morgan fingerprint density at radius 3 is 1.43 bits per heavy atom. The average molecular weight is 757 g/mol. The van der Waals surface area contributed by atoms with Crippen LogP contribution in [0.4, 0.5) is 8.78 Å². The van der Waals surface area contributed by atoms with Crippen molar-refractivity contribution in [2.24, 2.45) is 0 Å². The van der Waals surface area contributed by atoms with Gasteiger partial charge in [0.2, 0.25) is 0 Å². The zero-order valence-electron chi connectivity index (χ0n) is 31.0. The summed E-state index contributed by atoms with van der Waals surface area (Å²) in [7, 11) is 0. The van der Waals surface area contributed by atoms with E-state index in [1.54, 1.807) is 18.2 Å². The fourth-order valence-corrected chi connectivity index (χ4v) is 7.10.